The lowest BCUT2D eigenvalue weighted by Gasteiger charge is -2.36. The third-order valence-electron chi connectivity index (χ3n) is 4.88. The number of hydrogen-bond donors (Lipinski definition) is 0. The van der Waals surface area contributed by atoms with E-state index in [1.54, 1.807) is 42.5 Å². The summed E-state index contributed by atoms with van der Waals surface area (Å²) in [6.07, 6.45) is 0. The van der Waals surface area contributed by atoms with Gasteiger partial charge in [-0.15, -0.1) is 0 Å². The lowest BCUT2D eigenvalue weighted by molar-refractivity contribution is 0.253. The predicted molar refractivity (Wildman–Crippen MR) is 116 cm³/mol. The van der Waals surface area contributed by atoms with E-state index < -0.39 is 16.1 Å². The van der Waals surface area contributed by atoms with Gasteiger partial charge in [0.05, 0.1) is 24.5 Å². The first-order valence-electron chi connectivity index (χ1n) is 9.66. The summed E-state index contributed by atoms with van der Waals surface area (Å²) in [5.41, 5.74) is 2.64. The van der Waals surface area contributed by atoms with Crippen molar-refractivity contribution < 1.29 is 17.9 Å². The zero-order chi connectivity index (χ0) is 21.3. The first-order valence-corrected chi connectivity index (χ1v) is 11.1. The Hall–Kier alpha value is -3.32. The number of rotatable bonds is 5. The molecule has 0 fully saturated rings. The number of carbonyl (C=O) groups excluding carboxylic acids is 1. The van der Waals surface area contributed by atoms with Crippen LogP contribution in [0.5, 0.6) is 5.75 Å². The van der Waals surface area contributed by atoms with Gasteiger partial charge in [-0.05, 0) is 55.8 Å². The number of urea groups is 1. The van der Waals surface area contributed by atoms with E-state index in [1.165, 1.54) is 11.0 Å². The number of carbonyl (C=O) groups is 1. The third kappa shape index (κ3) is 3.52. The van der Waals surface area contributed by atoms with E-state index in [9.17, 15) is 13.2 Å². The van der Waals surface area contributed by atoms with E-state index in [4.69, 9.17) is 4.74 Å². The van der Waals surface area contributed by atoms with Crippen molar-refractivity contribution in [3.8, 4) is 5.75 Å². The average molecular weight is 423 g/mol. The number of para-hydroxylation sites is 1. The summed E-state index contributed by atoms with van der Waals surface area (Å²) >= 11 is 0. The quantitative estimate of drug-likeness (QED) is 0.596. The normalized spacial score (nSPS) is 15.1. The topological polar surface area (TPSA) is 66.9 Å². The first-order chi connectivity index (χ1) is 14.4. The number of nitrogens with zero attached hydrogens (tertiary/aromatic N) is 2. The summed E-state index contributed by atoms with van der Waals surface area (Å²) in [6.45, 7) is 4.61. The zero-order valence-corrected chi connectivity index (χ0v) is 17.6. The van der Waals surface area contributed by atoms with Crippen LogP contribution in [0.2, 0.25) is 0 Å². The molecule has 3 aromatic carbocycles. The van der Waals surface area contributed by atoms with Gasteiger partial charge in [0.1, 0.15) is 10.6 Å². The van der Waals surface area contributed by atoms with E-state index in [-0.39, 0.29) is 17.1 Å². The molecule has 0 atom stereocenters. The number of hydrogen-bond acceptors (Lipinski definition) is 4. The molecule has 0 aliphatic carbocycles. The van der Waals surface area contributed by atoms with Gasteiger partial charge in [0.25, 0.3) is 10.0 Å². The molecule has 0 spiro atoms. The van der Waals surface area contributed by atoms with Crippen molar-refractivity contribution in [1.29, 1.82) is 0 Å². The van der Waals surface area contributed by atoms with Crippen molar-refractivity contribution in [1.82, 2.24) is 0 Å². The van der Waals surface area contributed by atoms with E-state index in [2.05, 4.69) is 0 Å². The lowest BCUT2D eigenvalue weighted by atomic mass is 10.1. The van der Waals surface area contributed by atoms with Crippen LogP contribution in [0.15, 0.2) is 77.7 Å². The summed E-state index contributed by atoms with van der Waals surface area (Å²) < 4.78 is 32.9. The molecule has 1 aliphatic heterocycles. The molecule has 6 nitrogen and oxygen atoms in total. The monoisotopic (exact) mass is 422 g/mol. The number of aryl methyl sites for hydroxylation is 1. The number of amides is 2. The Balaban J connectivity index is 1.81. The molecular weight excluding hydrogens is 400 g/mol. The van der Waals surface area contributed by atoms with Crippen molar-refractivity contribution in [3.05, 3.63) is 83.9 Å². The van der Waals surface area contributed by atoms with Gasteiger partial charge in [0.2, 0.25) is 0 Å². The van der Waals surface area contributed by atoms with E-state index in [1.807, 2.05) is 38.1 Å². The van der Waals surface area contributed by atoms with Crippen LogP contribution in [0.1, 0.15) is 18.1 Å². The lowest BCUT2D eigenvalue weighted by Crippen LogP contribution is -2.50. The second kappa shape index (κ2) is 7.84. The highest BCUT2D eigenvalue weighted by Gasteiger charge is 2.42. The second-order valence-electron chi connectivity index (χ2n) is 7.02. The van der Waals surface area contributed by atoms with Crippen molar-refractivity contribution in [2.24, 2.45) is 0 Å². The highest BCUT2D eigenvalue weighted by molar-refractivity contribution is 7.94. The molecular formula is C23H22N2O4S. The third-order valence-corrected chi connectivity index (χ3v) is 6.63. The number of fused-ring (bicyclic) bond motifs is 1. The SMILES string of the molecule is CCOc1ccc(N2C(=O)N(Cc3cccc(C)c3)c3ccccc3S2(=O)=O)cc1. The molecule has 3 aromatic rings. The van der Waals surface area contributed by atoms with Crippen LogP contribution in [-0.2, 0) is 16.6 Å². The number of benzene rings is 3. The fourth-order valence-electron chi connectivity index (χ4n) is 3.55. The summed E-state index contributed by atoms with van der Waals surface area (Å²) in [5.74, 6) is 0.611. The Morgan fingerprint density at radius 3 is 2.37 bits per heavy atom. The molecule has 0 N–H and O–H groups in total. The molecule has 0 saturated heterocycles. The molecule has 1 aliphatic rings. The van der Waals surface area contributed by atoms with Crippen LogP contribution in [0.25, 0.3) is 0 Å². The largest absolute Gasteiger partial charge is 0.494 e. The van der Waals surface area contributed by atoms with Gasteiger partial charge >= 0.3 is 6.03 Å². The molecule has 7 heteroatoms. The standard InChI is InChI=1S/C23H22N2O4S/c1-3-29-20-13-11-19(12-14-20)25-23(26)24(16-18-8-6-7-17(2)15-18)21-9-4-5-10-22(21)30(25,27)28/h4-15H,3,16H2,1-2H3. The average Bonchev–Trinajstić information content (AvgIpc) is 2.73. The molecule has 154 valence electrons. The number of anilines is 2. The van der Waals surface area contributed by atoms with E-state index in [0.717, 1.165) is 15.4 Å². The van der Waals surface area contributed by atoms with Gasteiger partial charge in [0, 0.05) is 0 Å². The number of sulfonamides is 1. The van der Waals surface area contributed by atoms with Crippen LogP contribution < -0.4 is 13.9 Å². The van der Waals surface area contributed by atoms with Crippen molar-refractivity contribution in [2.75, 3.05) is 15.8 Å². The van der Waals surface area contributed by atoms with Gasteiger partial charge < -0.3 is 4.74 Å². The Labute approximate surface area is 176 Å². The van der Waals surface area contributed by atoms with Crippen LogP contribution in [0, 0.1) is 6.92 Å². The van der Waals surface area contributed by atoms with Gasteiger partial charge in [-0.3, -0.25) is 4.90 Å². The van der Waals surface area contributed by atoms with Crippen molar-refractivity contribution in [2.45, 2.75) is 25.3 Å². The van der Waals surface area contributed by atoms with Crippen molar-refractivity contribution >= 4 is 27.4 Å². The predicted octanol–water partition coefficient (Wildman–Crippen LogP) is 4.73. The maximum absolute atomic E-state index is 13.4. The molecule has 0 radical (unpaired) electrons. The van der Waals surface area contributed by atoms with E-state index >= 15 is 0 Å². The van der Waals surface area contributed by atoms with Crippen LogP contribution in [0.3, 0.4) is 0 Å². The molecule has 0 saturated carbocycles. The Bertz CT molecular complexity index is 1190. The maximum atomic E-state index is 13.4. The second-order valence-corrected chi connectivity index (χ2v) is 8.78. The fourth-order valence-corrected chi connectivity index (χ4v) is 5.14. The first kappa shape index (κ1) is 20.0. The minimum atomic E-state index is -4.04. The Morgan fingerprint density at radius 2 is 1.67 bits per heavy atom. The summed E-state index contributed by atoms with van der Waals surface area (Å²) in [7, 11) is -4.04. The zero-order valence-electron chi connectivity index (χ0n) is 16.8. The highest BCUT2D eigenvalue weighted by Crippen LogP contribution is 2.38. The minimum absolute atomic E-state index is 0.103. The maximum Gasteiger partial charge on any atom is 0.343 e. The minimum Gasteiger partial charge on any atom is -0.494 e. The van der Waals surface area contributed by atoms with Crippen LogP contribution >= 0.6 is 0 Å². The molecule has 0 aromatic heterocycles. The molecule has 2 amide bonds. The number of ether oxygens (including phenoxy) is 1. The molecule has 4 rings (SSSR count). The van der Waals surface area contributed by atoms with Gasteiger partial charge in [-0.1, -0.05) is 42.0 Å². The Morgan fingerprint density at radius 1 is 0.933 bits per heavy atom. The highest BCUT2D eigenvalue weighted by atomic mass is 32.2. The Kier molecular flexibility index (Phi) is 5.22. The molecule has 30 heavy (non-hydrogen) atoms. The summed E-state index contributed by atoms with van der Waals surface area (Å²) in [6, 6.07) is 20.3. The summed E-state index contributed by atoms with van der Waals surface area (Å²) in [5, 5.41) is 0. The smallest absolute Gasteiger partial charge is 0.343 e. The molecule has 0 bridgehead atoms. The molecule has 1 heterocycles. The van der Waals surface area contributed by atoms with Gasteiger partial charge in [-0.2, -0.15) is 4.31 Å². The van der Waals surface area contributed by atoms with Gasteiger partial charge in [0.15, 0.2) is 0 Å². The van der Waals surface area contributed by atoms with E-state index in [0.29, 0.717) is 18.0 Å². The fraction of sp³-hybridized carbons (Fsp3) is 0.174. The van der Waals surface area contributed by atoms with Crippen molar-refractivity contribution in [3.63, 3.8) is 0 Å². The van der Waals surface area contributed by atoms with Crippen LogP contribution in [-0.4, -0.2) is 21.1 Å². The summed E-state index contributed by atoms with van der Waals surface area (Å²) in [4.78, 5) is 15.1. The van der Waals surface area contributed by atoms with Crippen LogP contribution in [0.4, 0.5) is 16.2 Å². The molecule has 0 unspecified atom stereocenters. The van der Waals surface area contributed by atoms with Gasteiger partial charge in [-0.25, -0.2) is 13.2 Å².